The molecule has 0 aromatic rings. The Hall–Kier alpha value is -0.730. The van der Waals surface area contributed by atoms with E-state index in [9.17, 15) is 9.90 Å². The van der Waals surface area contributed by atoms with Gasteiger partial charge in [0.2, 0.25) is 0 Å². The van der Waals surface area contributed by atoms with Crippen molar-refractivity contribution in [3.8, 4) is 0 Å². The first kappa shape index (κ1) is 8.85. The van der Waals surface area contributed by atoms with Gasteiger partial charge in [0.05, 0.1) is 0 Å². The van der Waals surface area contributed by atoms with Crippen molar-refractivity contribution in [2.24, 2.45) is 0 Å². The number of piperidine rings is 1. The molecule has 2 bridgehead atoms. The summed E-state index contributed by atoms with van der Waals surface area (Å²) in [4.78, 5) is 12.9. The number of hydrogen-bond donors (Lipinski definition) is 1. The first-order valence-electron chi connectivity index (χ1n) is 5.01. The summed E-state index contributed by atoms with van der Waals surface area (Å²) in [5, 5.41) is 9.18. The number of rotatable bonds is 0. The van der Waals surface area contributed by atoms with E-state index in [1.54, 1.807) is 4.90 Å². The zero-order valence-electron chi connectivity index (χ0n) is 8.34. The van der Waals surface area contributed by atoms with Crippen LogP contribution in [-0.4, -0.2) is 27.2 Å². The lowest BCUT2D eigenvalue weighted by atomic mass is 9.86. The van der Waals surface area contributed by atoms with Crippen LogP contribution >= 0.6 is 0 Å². The van der Waals surface area contributed by atoms with Crippen LogP contribution in [0.2, 0.25) is 0 Å². The van der Waals surface area contributed by atoms with Gasteiger partial charge >= 0.3 is 6.09 Å². The molecule has 3 nitrogen and oxygen atoms in total. The molecule has 2 rings (SSSR count). The quantitative estimate of drug-likeness (QED) is 0.626. The lowest BCUT2D eigenvalue weighted by molar-refractivity contribution is 0.0212. The fraction of sp³-hybridized carbons (Fsp3) is 0.900. The maximum absolute atomic E-state index is 11.2. The predicted octanol–water partition coefficient (Wildman–Crippen LogP) is 2.46. The molecule has 2 aliphatic heterocycles. The molecule has 2 atom stereocenters. The summed E-state index contributed by atoms with van der Waals surface area (Å²) in [6.45, 7) is 4.18. The van der Waals surface area contributed by atoms with Crippen LogP contribution in [0, 0.1) is 0 Å². The summed E-state index contributed by atoms with van der Waals surface area (Å²) in [6, 6.07) is 0. The van der Waals surface area contributed by atoms with E-state index in [-0.39, 0.29) is 11.1 Å². The zero-order valence-corrected chi connectivity index (χ0v) is 8.34. The van der Waals surface area contributed by atoms with Crippen LogP contribution < -0.4 is 0 Å². The van der Waals surface area contributed by atoms with E-state index in [4.69, 9.17) is 0 Å². The largest absolute Gasteiger partial charge is 0.465 e. The van der Waals surface area contributed by atoms with Gasteiger partial charge in [-0.15, -0.1) is 0 Å². The molecule has 2 saturated heterocycles. The monoisotopic (exact) mass is 183 g/mol. The molecule has 0 aromatic heterocycles. The van der Waals surface area contributed by atoms with Crippen molar-refractivity contribution in [2.75, 3.05) is 0 Å². The number of hydrogen-bond acceptors (Lipinski definition) is 1. The Morgan fingerprint density at radius 1 is 1.15 bits per heavy atom. The van der Waals surface area contributed by atoms with Gasteiger partial charge in [-0.25, -0.2) is 4.79 Å². The smallest absolute Gasteiger partial charge is 0.408 e. The molecule has 0 spiro atoms. The van der Waals surface area contributed by atoms with E-state index < -0.39 is 6.09 Å². The fourth-order valence-corrected chi connectivity index (χ4v) is 3.20. The summed E-state index contributed by atoms with van der Waals surface area (Å²) in [7, 11) is 0. The molecule has 2 fully saturated rings. The van der Waals surface area contributed by atoms with E-state index >= 15 is 0 Å². The van der Waals surface area contributed by atoms with E-state index in [2.05, 4.69) is 13.8 Å². The third-order valence-corrected chi connectivity index (χ3v) is 3.90. The molecular weight excluding hydrogens is 166 g/mol. The van der Waals surface area contributed by atoms with Crippen LogP contribution in [0.1, 0.15) is 46.0 Å². The molecule has 13 heavy (non-hydrogen) atoms. The SMILES string of the molecule is CC12CCCC(C)(CC1)N2C(=O)O. The minimum absolute atomic E-state index is 0.0706. The second-order valence-corrected chi connectivity index (χ2v) is 4.97. The van der Waals surface area contributed by atoms with E-state index in [0.717, 1.165) is 25.7 Å². The highest BCUT2D eigenvalue weighted by Gasteiger charge is 2.54. The standard InChI is InChI=1S/C10H17NO2/c1-9-4-3-5-10(2,7-6-9)11(9)8(12)13/h3-7H2,1-2H3,(H,12,13). The van der Waals surface area contributed by atoms with Crippen LogP contribution in [0.15, 0.2) is 0 Å². The van der Waals surface area contributed by atoms with Gasteiger partial charge in [0.1, 0.15) is 0 Å². The van der Waals surface area contributed by atoms with E-state index in [0.29, 0.717) is 0 Å². The first-order chi connectivity index (χ1) is 5.98. The molecule has 0 radical (unpaired) electrons. The van der Waals surface area contributed by atoms with Crippen molar-refractivity contribution in [2.45, 2.75) is 57.0 Å². The van der Waals surface area contributed by atoms with Crippen LogP contribution in [0.5, 0.6) is 0 Å². The molecule has 2 aliphatic rings. The van der Waals surface area contributed by atoms with Crippen molar-refractivity contribution < 1.29 is 9.90 Å². The molecular formula is C10H17NO2. The lowest BCUT2D eigenvalue weighted by Gasteiger charge is -2.46. The fourth-order valence-electron chi connectivity index (χ4n) is 3.20. The molecule has 2 unspecified atom stereocenters. The summed E-state index contributed by atoms with van der Waals surface area (Å²) in [5.74, 6) is 0. The highest BCUT2D eigenvalue weighted by atomic mass is 16.4. The Bertz CT molecular complexity index is 235. The lowest BCUT2D eigenvalue weighted by Crippen LogP contribution is -2.56. The maximum Gasteiger partial charge on any atom is 0.408 e. The minimum atomic E-state index is -0.734. The van der Waals surface area contributed by atoms with Gasteiger partial charge in [-0.1, -0.05) is 0 Å². The number of carboxylic acid groups (broad SMARTS) is 1. The average Bonchev–Trinajstić information content (AvgIpc) is 2.15. The third-order valence-electron chi connectivity index (χ3n) is 3.90. The summed E-state index contributed by atoms with van der Waals surface area (Å²) in [5.41, 5.74) is -0.141. The Labute approximate surface area is 78.7 Å². The normalized spacial score (nSPS) is 43.7. The second kappa shape index (κ2) is 2.40. The van der Waals surface area contributed by atoms with E-state index in [1.165, 1.54) is 6.42 Å². The molecule has 0 saturated carbocycles. The Morgan fingerprint density at radius 3 is 1.92 bits per heavy atom. The van der Waals surface area contributed by atoms with Crippen LogP contribution in [0.25, 0.3) is 0 Å². The highest BCUT2D eigenvalue weighted by Crippen LogP contribution is 2.50. The molecule has 0 aromatic carbocycles. The van der Waals surface area contributed by atoms with Gasteiger partial charge < -0.3 is 5.11 Å². The van der Waals surface area contributed by atoms with Gasteiger partial charge in [-0.3, -0.25) is 4.90 Å². The summed E-state index contributed by atoms with van der Waals surface area (Å²) >= 11 is 0. The Kier molecular flexibility index (Phi) is 1.63. The van der Waals surface area contributed by atoms with Crippen molar-refractivity contribution in [1.29, 1.82) is 0 Å². The summed E-state index contributed by atoms with van der Waals surface area (Å²) < 4.78 is 0. The number of carbonyl (C=O) groups is 1. The average molecular weight is 183 g/mol. The van der Waals surface area contributed by atoms with Gasteiger partial charge in [0.15, 0.2) is 0 Å². The zero-order chi connectivity index (χ0) is 9.69. The van der Waals surface area contributed by atoms with Gasteiger partial charge in [0.25, 0.3) is 0 Å². The Balaban J connectivity index is 2.37. The maximum atomic E-state index is 11.2. The predicted molar refractivity (Wildman–Crippen MR) is 49.8 cm³/mol. The number of amides is 1. The topological polar surface area (TPSA) is 40.5 Å². The molecule has 2 heterocycles. The van der Waals surface area contributed by atoms with Crippen LogP contribution in [-0.2, 0) is 0 Å². The van der Waals surface area contributed by atoms with Crippen molar-refractivity contribution in [1.82, 2.24) is 4.90 Å². The number of nitrogens with zero attached hydrogens (tertiary/aromatic N) is 1. The molecule has 3 heteroatoms. The van der Waals surface area contributed by atoms with Gasteiger partial charge in [0, 0.05) is 11.1 Å². The highest BCUT2D eigenvalue weighted by molar-refractivity contribution is 5.68. The van der Waals surface area contributed by atoms with Crippen molar-refractivity contribution in [3.05, 3.63) is 0 Å². The number of fused-ring (bicyclic) bond motifs is 2. The molecule has 74 valence electrons. The van der Waals surface area contributed by atoms with Crippen LogP contribution in [0.3, 0.4) is 0 Å². The summed E-state index contributed by atoms with van der Waals surface area (Å²) in [6.07, 6.45) is 4.59. The van der Waals surface area contributed by atoms with Gasteiger partial charge in [-0.2, -0.15) is 0 Å². The molecule has 1 N–H and O–H groups in total. The minimum Gasteiger partial charge on any atom is -0.465 e. The van der Waals surface area contributed by atoms with Crippen molar-refractivity contribution >= 4 is 6.09 Å². The molecule has 0 aliphatic carbocycles. The van der Waals surface area contributed by atoms with Crippen molar-refractivity contribution in [3.63, 3.8) is 0 Å². The molecule has 1 amide bonds. The third kappa shape index (κ3) is 1.06. The van der Waals surface area contributed by atoms with E-state index in [1.807, 2.05) is 0 Å². The first-order valence-corrected chi connectivity index (χ1v) is 5.01. The van der Waals surface area contributed by atoms with Gasteiger partial charge in [-0.05, 0) is 46.0 Å². The Morgan fingerprint density at radius 2 is 1.62 bits per heavy atom. The second-order valence-electron chi connectivity index (χ2n) is 4.97. The van der Waals surface area contributed by atoms with Crippen LogP contribution in [0.4, 0.5) is 4.79 Å².